The summed E-state index contributed by atoms with van der Waals surface area (Å²) >= 11 is 0. The first-order chi connectivity index (χ1) is 13.2. The van der Waals surface area contributed by atoms with Crippen molar-refractivity contribution in [3.8, 4) is 5.88 Å². The lowest BCUT2D eigenvalue weighted by Gasteiger charge is -2.34. The quantitative estimate of drug-likeness (QED) is 0.837. The van der Waals surface area contributed by atoms with E-state index in [1.165, 1.54) is 0 Å². The lowest BCUT2D eigenvalue weighted by Crippen LogP contribution is -2.46. The number of amides is 2. The average Bonchev–Trinajstić information content (AvgIpc) is 3.26. The van der Waals surface area contributed by atoms with Crippen LogP contribution in [0.15, 0.2) is 30.3 Å². The number of hydrogen-bond donors (Lipinski definition) is 0. The Kier molecular flexibility index (Phi) is 4.97. The van der Waals surface area contributed by atoms with E-state index in [2.05, 4.69) is 4.98 Å². The average molecular weight is 367 g/mol. The molecule has 0 spiro atoms. The third-order valence-electron chi connectivity index (χ3n) is 5.61. The molecule has 0 bridgehead atoms. The van der Waals surface area contributed by atoms with Crippen LogP contribution in [-0.4, -0.2) is 59.9 Å². The van der Waals surface area contributed by atoms with Crippen molar-refractivity contribution in [2.75, 3.05) is 33.3 Å². The summed E-state index contributed by atoms with van der Waals surface area (Å²) in [6.07, 6.45) is 3.89. The highest BCUT2D eigenvalue weighted by Crippen LogP contribution is 2.27. The van der Waals surface area contributed by atoms with Crippen LogP contribution in [0, 0.1) is 5.92 Å². The number of piperidine rings is 1. The zero-order valence-electron chi connectivity index (χ0n) is 15.7. The monoisotopic (exact) mass is 367 g/mol. The van der Waals surface area contributed by atoms with Gasteiger partial charge in [-0.15, -0.1) is 0 Å². The number of likely N-dealkylation sites (tertiary alicyclic amines) is 2. The van der Waals surface area contributed by atoms with E-state index < -0.39 is 0 Å². The molecule has 2 fully saturated rings. The first-order valence-corrected chi connectivity index (χ1v) is 9.69. The number of pyridine rings is 1. The van der Waals surface area contributed by atoms with E-state index in [1.807, 2.05) is 34.1 Å². The number of carbonyl (C=O) groups excluding carboxylic acids is 2. The van der Waals surface area contributed by atoms with Crippen molar-refractivity contribution in [3.63, 3.8) is 0 Å². The number of fused-ring (bicyclic) bond motifs is 1. The summed E-state index contributed by atoms with van der Waals surface area (Å²) < 4.78 is 5.28. The van der Waals surface area contributed by atoms with Gasteiger partial charge in [0.05, 0.1) is 24.1 Å². The molecule has 0 aliphatic carbocycles. The summed E-state index contributed by atoms with van der Waals surface area (Å²) in [5.74, 6) is 0.502. The van der Waals surface area contributed by atoms with Crippen molar-refractivity contribution in [2.24, 2.45) is 5.92 Å². The van der Waals surface area contributed by atoms with Crippen molar-refractivity contribution in [1.29, 1.82) is 0 Å². The SMILES string of the molecule is COc1cc(C(=O)N2CCC[C@H](C(=O)N3CCCC3)C2)c2ccccc2n1. The zero-order valence-corrected chi connectivity index (χ0v) is 15.7. The Morgan fingerprint density at radius 1 is 1.07 bits per heavy atom. The fraction of sp³-hybridized carbons (Fsp3) is 0.476. The highest BCUT2D eigenvalue weighted by Gasteiger charge is 2.33. The molecule has 2 saturated heterocycles. The van der Waals surface area contributed by atoms with Gasteiger partial charge in [0, 0.05) is 37.6 Å². The minimum Gasteiger partial charge on any atom is -0.481 e. The van der Waals surface area contributed by atoms with Gasteiger partial charge in [-0.2, -0.15) is 0 Å². The maximum atomic E-state index is 13.3. The molecule has 3 heterocycles. The van der Waals surface area contributed by atoms with E-state index in [4.69, 9.17) is 4.74 Å². The number of ether oxygens (including phenoxy) is 1. The van der Waals surface area contributed by atoms with Gasteiger partial charge in [0.2, 0.25) is 11.8 Å². The van der Waals surface area contributed by atoms with Crippen molar-refractivity contribution in [3.05, 3.63) is 35.9 Å². The van der Waals surface area contributed by atoms with Crippen molar-refractivity contribution in [1.82, 2.24) is 14.8 Å². The van der Waals surface area contributed by atoms with Crippen molar-refractivity contribution < 1.29 is 14.3 Å². The molecule has 142 valence electrons. The predicted molar refractivity (Wildman–Crippen MR) is 103 cm³/mol. The second-order valence-electron chi connectivity index (χ2n) is 7.35. The highest BCUT2D eigenvalue weighted by atomic mass is 16.5. The van der Waals surface area contributed by atoms with Gasteiger partial charge < -0.3 is 14.5 Å². The summed E-state index contributed by atoms with van der Waals surface area (Å²) in [5.41, 5.74) is 1.33. The van der Waals surface area contributed by atoms with Crippen LogP contribution in [0.2, 0.25) is 0 Å². The van der Waals surface area contributed by atoms with Crippen molar-refractivity contribution in [2.45, 2.75) is 25.7 Å². The molecule has 1 aromatic heterocycles. The largest absolute Gasteiger partial charge is 0.481 e. The van der Waals surface area contributed by atoms with E-state index in [-0.39, 0.29) is 17.7 Å². The van der Waals surface area contributed by atoms with Crippen LogP contribution in [0.4, 0.5) is 0 Å². The summed E-state index contributed by atoms with van der Waals surface area (Å²) in [6.45, 7) is 2.89. The Balaban J connectivity index is 1.59. The van der Waals surface area contributed by atoms with Crippen LogP contribution in [0.1, 0.15) is 36.0 Å². The number of methoxy groups -OCH3 is 1. The number of carbonyl (C=O) groups is 2. The molecule has 2 aliphatic heterocycles. The number of benzene rings is 1. The van der Waals surface area contributed by atoms with E-state index in [1.54, 1.807) is 13.2 Å². The number of aromatic nitrogens is 1. The summed E-state index contributed by atoms with van der Waals surface area (Å²) in [7, 11) is 1.55. The molecule has 0 radical (unpaired) electrons. The molecular formula is C21H25N3O3. The lowest BCUT2D eigenvalue weighted by molar-refractivity contribution is -0.135. The molecule has 0 saturated carbocycles. The van der Waals surface area contributed by atoms with Gasteiger partial charge in [-0.1, -0.05) is 18.2 Å². The lowest BCUT2D eigenvalue weighted by atomic mass is 9.95. The van der Waals surface area contributed by atoms with Gasteiger partial charge in [0.25, 0.3) is 5.91 Å². The van der Waals surface area contributed by atoms with Gasteiger partial charge in [-0.05, 0) is 31.7 Å². The highest BCUT2D eigenvalue weighted by molar-refractivity contribution is 6.06. The second kappa shape index (κ2) is 7.55. The fourth-order valence-corrected chi connectivity index (χ4v) is 4.16. The number of para-hydroxylation sites is 1. The van der Waals surface area contributed by atoms with Crippen LogP contribution in [0.3, 0.4) is 0 Å². The molecule has 2 amide bonds. The first-order valence-electron chi connectivity index (χ1n) is 9.69. The minimum atomic E-state index is -0.0872. The third-order valence-corrected chi connectivity index (χ3v) is 5.61. The maximum absolute atomic E-state index is 13.3. The van der Waals surface area contributed by atoms with E-state index in [0.29, 0.717) is 24.5 Å². The Hall–Kier alpha value is -2.63. The van der Waals surface area contributed by atoms with Crippen LogP contribution in [-0.2, 0) is 4.79 Å². The van der Waals surface area contributed by atoms with E-state index in [9.17, 15) is 9.59 Å². The molecule has 1 atom stereocenters. The Morgan fingerprint density at radius 3 is 2.59 bits per heavy atom. The maximum Gasteiger partial charge on any atom is 0.254 e. The molecule has 0 unspecified atom stereocenters. The second-order valence-corrected chi connectivity index (χ2v) is 7.35. The summed E-state index contributed by atoms with van der Waals surface area (Å²) in [4.78, 5) is 34.3. The topological polar surface area (TPSA) is 62.7 Å². The van der Waals surface area contributed by atoms with Gasteiger partial charge in [-0.25, -0.2) is 4.98 Å². The van der Waals surface area contributed by atoms with Gasteiger partial charge in [0.15, 0.2) is 0 Å². The third kappa shape index (κ3) is 3.48. The van der Waals surface area contributed by atoms with Gasteiger partial charge in [-0.3, -0.25) is 9.59 Å². The molecule has 27 heavy (non-hydrogen) atoms. The number of hydrogen-bond acceptors (Lipinski definition) is 4. The normalized spacial score (nSPS) is 20.1. The number of rotatable bonds is 3. The van der Waals surface area contributed by atoms with Crippen LogP contribution in [0.5, 0.6) is 5.88 Å². The van der Waals surface area contributed by atoms with Crippen molar-refractivity contribution >= 4 is 22.7 Å². The summed E-state index contributed by atoms with van der Waals surface area (Å²) in [6, 6.07) is 9.30. The van der Waals surface area contributed by atoms with E-state index >= 15 is 0 Å². The molecular weight excluding hydrogens is 342 g/mol. The van der Waals surface area contributed by atoms with Crippen LogP contribution in [0.25, 0.3) is 10.9 Å². The van der Waals surface area contributed by atoms with E-state index in [0.717, 1.165) is 49.7 Å². The molecule has 2 aliphatic rings. The first kappa shape index (κ1) is 17.8. The Labute approximate surface area is 159 Å². The standard InChI is InChI=1S/C21H25N3O3/c1-27-19-13-17(16-8-2-3-9-18(16)22-19)21(26)24-12-6-7-15(14-24)20(25)23-10-4-5-11-23/h2-3,8-9,13,15H,4-7,10-12,14H2,1H3/t15-/m0/s1. The van der Waals surface area contributed by atoms with Crippen LogP contribution < -0.4 is 4.74 Å². The molecule has 4 rings (SSSR count). The molecule has 6 nitrogen and oxygen atoms in total. The summed E-state index contributed by atoms with van der Waals surface area (Å²) in [5, 5.41) is 0.816. The fourth-order valence-electron chi connectivity index (χ4n) is 4.16. The van der Waals surface area contributed by atoms with Gasteiger partial charge in [0.1, 0.15) is 0 Å². The Morgan fingerprint density at radius 2 is 1.81 bits per heavy atom. The van der Waals surface area contributed by atoms with Gasteiger partial charge >= 0.3 is 0 Å². The molecule has 0 N–H and O–H groups in total. The molecule has 1 aromatic carbocycles. The molecule has 2 aromatic rings. The minimum absolute atomic E-state index is 0.0502. The number of nitrogens with zero attached hydrogens (tertiary/aromatic N) is 3. The smallest absolute Gasteiger partial charge is 0.254 e. The Bertz CT molecular complexity index is 861. The van der Waals surface area contributed by atoms with Crippen LogP contribution >= 0.6 is 0 Å². The molecule has 6 heteroatoms. The zero-order chi connectivity index (χ0) is 18.8. The predicted octanol–water partition coefficient (Wildman–Crippen LogP) is 2.72.